The lowest BCUT2D eigenvalue weighted by Gasteiger charge is -2.21. The number of Topliss-reactive ketones (excluding diaryl/α,β-unsaturated/α-hetero) is 3. The number of rotatable bonds is 19. The molecular weight excluding hydrogens is 755 g/mol. The molecule has 0 aliphatic heterocycles. The molecule has 3 N–H and O–H groups in total. The van der Waals surface area contributed by atoms with Crippen LogP contribution >= 0.6 is 0 Å². The van der Waals surface area contributed by atoms with Crippen molar-refractivity contribution in [2.45, 2.75) is 201 Å². The molecule has 3 amide bonds. The van der Waals surface area contributed by atoms with Gasteiger partial charge in [-0.25, -0.2) is 0 Å². The molecule has 0 aliphatic rings. The van der Waals surface area contributed by atoms with Crippen LogP contribution in [-0.4, -0.2) is 60.3 Å². The highest BCUT2D eigenvalue weighted by atomic mass is 16.5. The summed E-state index contributed by atoms with van der Waals surface area (Å²) in [6.07, 6.45) is 9.00. The SMILES string of the molecule is CC(C)(C)C(=O)CCCNC(=O)C(C)(C)C.CC(C)(C)CCCCCC(=O)CCCNC(=O)C(C)(C)C.CC(C)(C)Oc1cccc(C(=O)NCCCC(=O)C(C)(C)C)c1. The lowest BCUT2D eigenvalue weighted by Crippen LogP contribution is -2.35. The second kappa shape index (κ2) is 26.7. The van der Waals surface area contributed by atoms with E-state index in [0.717, 1.165) is 25.7 Å². The summed E-state index contributed by atoms with van der Waals surface area (Å²) in [5.74, 6) is 1.41. The van der Waals surface area contributed by atoms with Crippen LogP contribution in [-0.2, 0) is 24.0 Å². The highest BCUT2D eigenvalue weighted by Gasteiger charge is 2.23. The number of hydrogen-bond acceptors (Lipinski definition) is 7. The maximum atomic E-state index is 12.2. The van der Waals surface area contributed by atoms with Crippen molar-refractivity contribution in [3.8, 4) is 5.75 Å². The fourth-order valence-corrected chi connectivity index (χ4v) is 5.11. The van der Waals surface area contributed by atoms with Gasteiger partial charge in [0.1, 0.15) is 28.7 Å². The van der Waals surface area contributed by atoms with Crippen molar-refractivity contribution in [3.63, 3.8) is 0 Å². The van der Waals surface area contributed by atoms with Crippen LogP contribution in [0.3, 0.4) is 0 Å². The summed E-state index contributed by atoms with van der Waals surface area (Å²) in [6.45, 7) is 37.1. The van der Waals surface area contributed by atoms with Gasteiger partial charge < -0.3 is 20.7 Å². The topological polar surface area (TPSA) is 148 Å². The van der Waals surface area contributed by atoms with Crippen molar-refractivity contribution < 1.29 is 33.5 Å². The molecule has 0 saturated carbocycles. The summed E-state index contributed by atoms with van der Waals surface area (Å²) in [6, 6.07) is 7.13. The van der Waals surface area contributed by atoms with Gasteiger partial charge in [0.05, 0.1) is 0 Å². The maximum Gasteiger partial charge on any atom is 0.251 e. The van der Waals surface area contributed by atoms with Crippen molar-refractivity contribution in [1.29, 1.82) is 0 Å². The van der Waals surface area contributed by atoms with E-state index in [4.69, 9.17) is 4.74 Å². The van der Waals surface area contributed by atoms with Gasteiger partial charge in [-0.15, -0.1) is 0 Å². The Bertz CT molecular complexity index is 1440. The van der Waals surface area contributed by atoms with Crippen molar-refractivity contribution in [3.05, 3.63) is 29.8 Å². The zero-order valence-corrected chi connectivity index (χ0v) is 41.6. The molecule has 60 heavy (non-hydrogen) atoms. The molecule has 0 aromatic heterocycles. The average Bonchev–Trinajstić information content (AvgIpc) is 3.07. The lowest BCUT2D eigenvalue weighted by molar-refractivity contribution is -0.129. The van der Waals surface area contributed by atoms with Gasteiger partial charge in [0.25, 0.3) is 5.91 Å². The fourth-order valence-electron chi connectivity index (χ4n) is 5.11. The number of ketones is 3. The molecule has 10 nitrogen and oxygen atoms in total. The zero-order valence-electron chi connectivity index (χ0n) is 41.6. The summed E-state index contributed by atoms with van der Waals surface area (Å²) in [7, 11) is 0. The summed E-state index contributed by atoms with van der Waals surface area (Å²) >= 11 is 0. The van der Waals surface area contributed by atoms with Crippen molar-refractivity contribution in [2.24, 2.45) is 27.1 Å². The smallest absolute Gasteiger partial charge is 0.251 e. The van der Waals surface area contributed by atoms with Gasteiger partial charge in [-0.2, -0.15) is 0 Å². The van der Waals surface area contributed by atoms with E-state index in [1.54, 1.807) is 18.2 Å². The second-order valence-corrected chi connectivity index (χ2v) is 22.3. The number of carbonyl (C=O) groups is 6. The van der Waals surface area contributed by atoms with Gasteiger partial charge in [-0.3, -0.25) is 28.8 Å². The molecule has 0 radical (unpaired) electrons. The normalized spacial score (nSPS) is 12.2. The van der Waals surface area contributed by atoms with E-state index in [9.17, 15) is 28.8 Å². The average molecular weight is 844 g/mol. The predicted octanol–water partition coefficient (Wildman–Crippen LogP) is 11.0. The molecule has 1 aromatic carbocycles. The van der Waals surface area contributed by atoms with Crippen LogP contribution in [0.2, 0.25) is 0 Å². The maximum absolute atomic E-state index is 12.2. The quantitative estimate of drug-likeness (QED) is 0.117. The van der Waals surface area contributed by atoms with E-state index >= 15 is 0 Å². The minimum Gasteiger partial charge on any atom is -0.488 e. The Balaban J connectivity index is 0. The van der Waals surface area contributed by atoms with E-state index in [2.05, 4.69) is 36.7 Å². The number of carbonyl (C=O) groups excluding carboxylic acids is 6. The van der Waals surface area contributed by atoms with Crippen molar-refractivity contribution in [1.82, 2.24) is 16.0 Å². The van der Waals surface area contributed by atoms with E-state index < -0.39 is 0 Å². The highest BCUT2D eigenvalue weighted by molar-refractivity contribution is 5.94. The van der Waals surface area contributed by atoms with Crippen LogP contribution in [0.25, 0.3) is 0 Å². The summed E-state index contributed by atoms with van der Waals surface area (Å²) < 4.78 is 5.76. The van der Waals surface area contributed by atoms with Gasteiger partial charge in [0.2, 0.25) is 11.8 Å². The summed E-state index contributed by atoms with van der Waals surface area (Å²) in [5.41, 5.74) is -0.631. The van der Waals surface area contributed by atoms with Crippen LogP contribution < -0.4 is 20.7 Å². The molecule has 0 unspecified atom stereocenters. The Hall–Kier alpha value is -3.56. The standard InChI is InChI=1S/C19H29NO3.C18H35NO2.C13H25NO2/c1-18(2,3)16(21)11-8-12-20-17(22)14-9-7-10-15(13-14)23-19(4,5)6;1-17(2,3)13-9-7-8-11-15(20)12-10-14-19-16(21)18(4,5)6;1-12(2,3)10(15)8-7-9-14-11(16)13(4,5)6/h7,9-10,13H,8,11-12H2,1-6H3,(H,20,22);7-14H2,1-6H3,(H,19,21);7-9H2,1-6H3,(H,14,16). The minimum absolute atomic E-state index is 0.0377. The fraction of sp³-hybridized carbons (Fsp3) is 0.760. The van der Waals surface area contributed by atoms with Gasteiger partial charge >= 0.3 is 0 Å². The number of amides is 3. The highest BCUT2D eigenvalue weighted by Crippen LogP contribution is 2.23. The second-order valence-electron chi connectivity index (χ2n) is 22.3. The van der Waals surface area contributed by atoms with Crippen LogP contribution in [0, 0.1) is 27.1 Å². The van der Waals surface area contributed by atoms with Crippen LogP contribution in [0.15, 0.2) is 24.3 Å². The third-order valence-corrected chi connectivity index (χ3v) is 9.09. The van der Waals surface area contributed by atoms with Gasteiger partial charge in [-0.1, -0.05) is 123 Å². The van der Waals surface area contributed by atoms with E-state index in [1.807, 2.05) is 110 Å². The lowest BCUT2D eigenvalue weighted by atomic mass is 9.88. The molecule has 346 valence electrons. The summed E-state index contributed by atoms with van der Waals surface area (Å²) in [5, 5.41) is 8.57. The van der Waals surface area contributed by atoms with Crippen LogP contribution in [0.1, 0.15) is 206 Å². The zero-order chi connectivity index (χ0) is 47.2. The van der Waals surface area contributed by atoms with Crippen LogP contribution in [0.5, 0.6) is 5.75 Å². The first-order valence-corrected chi connectivity index (χ1v) is 22.3. The summed E-state index contributed by atoms with van der Waals surface area (Å²) in [4.78, 5) is 70.5. The van der Waals surface area contributed by atoms with E-state index in [-0.39, 0.29) is 56.5 Å². The molecule has 1 rings (SSSR count). The number of benzene rings is 1. The van der Waals surface area contributed by atoms with E-state index in [1.165, 1.54) is 12.8 Å². The molecule has 0 saturated heterocycles. The molecule has 10 heteroatoms. The Morgan fingerprint density at radius 2 is 0.900 bits per heavy atom. The first-order chi connectivity index (χ1) is 27.1. The van der Waals surface area contributed by atoms with Gasteiger partial charge in [-0.05, 0) is 76.5 Å². The number of hydrogen-bond donors (Lipinski definition) is 3. The molecule has 0 bridgehead atoms. The van der Waals surface area contributed by atoms with E-state index in [0.29, 0.717) is 74.2 Å². The number of nitrogens with one attached hydrogen (secondary N) is 3. The molecule has 0 heterocycles. The largest absolute Gasteiger partial charge is 0.488 e. The Labute approximate surface area is 366 Å². The molecule has 0 spiro atoms. The predicted molar refractivity (Wildman–Crippen MR) is 248 cm³/mol. The molecule has 0 fully saturated rings. The Morgan fingerprint density at radius 1 is 0.483 bits per heavy atom. The molecule has 1 aromatic rings. The number of unbranched alkanes of at least 4 members (excludes halogenated alkanes) is 2. The third-order valence-electron chi connectivity index (χ3n) is 9.09. The Morgan fingerprint density at radius 3 is 1.30 bits per heavy atom. The molecular formula is C50H89N3O7. The molecule has 0 aliphatic carbocycles. The first kappa shape index (κ1) is 58.5. The van der Waals surface area contributed by atoms with Gasteiger partial charge in [0, 0.05) is 72.5 Å². The minimum atomic E-state index is -0.353. The van der Waals surface area contributed by atoms with Crippen molar-refractivity contribution in [2.75, 3.05) is 19.6 Å². The van der Waals surface area contributed by atoms with Crippen LogP contribution in [0.4, 0.5) is 0 Å². The van der Waals surface area contributed by atoms with Gasteiger partial charge in [0.15, 0.2) is 0 Å². The third kappa shape index (κ3) is 32.2. The monoisotopic (exact) mass is 844 g/mol. The van der Waals surface area contributed by atoms with Crippen molar-refractivity contribution >= 4 is 35.1 Å². The number of ether oxygens (including phenoxy) is 1. The first-order valence-electron chi connectivity index (χ1n) is 22.3. The molecule has 0 atom stereocenters. The Kier molecular flexibility index (Phi) is 26.1.